The third-order valence-electron chi connectivity index (χ3n) is 4.12. The van der Waals surface area contributed by atoms with Crippen LogP contribution >= 0.6 is 23.2 Å². The molecule has 0 aliphatic carbocycles. The average Bonchev–Trinajstić information content (AvgIpc) is 3.14. The van der Waals surface area contributed by atoms with Gasteiger partial charge in [-0.1, -0.05) is 46.5 Å². The summed E-state index contributed by atoms with van der Waals surface area (Å²) in [5, 5.41) is 17.6. The van der Waals surface area contributed by atoms with Gasteiger partial charge in [0, 0.05) is 16.0 Å². The van der Waals surface area contributed by atoms with E-state index in [4.69, 9.17) is 28.2 Å². The highest BCUT2D eigenvalue weighted by atomic mass is 35.5. The molecule has 0 saturated heterocycles. The van der Waals surface area contributed by atoms with Gasteiger partial charge in [0.25, 0.3) is 11.9 Å². The van der Waals surface area contributed by atoms with E-state index in [0.717, 1.165) is 0 Å². The normalized spacial score (nSPS) is 10.9. The highest BCUT2D eigenvalue weighted by molar-refractivity contribution is 6.36. The molecular formula is C18H12Cl2N6O. The van der Waals surface area contributed by atoms with Crippen molar-refractivity contribution in [3.05, 3.63) is 63.6 Å². The minimum absolute atomic E-state index is 0.0892. The fraction of sp³-hybridized carbons (Fsp3) is 0.0556. The third-order valence-corrected chi connectivity index (χ3v) is 4.67. The Morgan fingerprint density at radius 2 is 1.96 bits per heavy atom. The predicted molar refractivity (Wildman–Crippen MR) is 104 cm³/mol. The number of pyridine rings is 1. The number of carbonyl (C=O) groups excluding carboxylic acids is 1. The lowest BCUT2D eigenvalue weighted by molar-refractivity contribution is 0.102. The molecule has 0 bridgehead atoms. The number of nitrogens with one attached hydrogen (secondary N) is 2. The highest BCUT2D eigenvalue weighted by Crippen LogP contribution is 2.35. The van der Waals surface area contributed by atoms with Crippen LogP contribution in [-0.4, -0.2) is 31.5 Å². The van der Waals surface area contributed by atoms with Crippen LogP contribution in [-0.2, 0) is 0 Å². The monoisotopic (exact) mass is 398 g/mol. The zero-order valence-corrected chi connectivity index (χ0v) is 15.5. The van der Waals surface area contributed by atoms with Gasteiger partial charge in [-0.25, -0.2) is 4.98 Å². The van der Waals surface area contributed by atoms with Gasteiger partial charge < -0.3 is 0 Å². The van der Waals surface area contributed by atoms with Gasteiger partial charge in [-0.2, -0.15) is 5.21 Å². The molecule has 0 radical (unpaired) electrons. The Hall–Kier alpha value is -3.03. The van der Waals surface area contributed by atoms with Crippen molar-refractivity contribution in [2.75, 3.05) is 5.32 Å². The van der Waals surface area contributed by atoms with E-state index in [2.05, 4.69) is 25.9 Å². The number of anilines is 1. The van der Waals surface area contributed by atoms with E-state index < -0.39 is 0 Å². The number of benzene rings is 2. The van der Waals surface area contributed by atoms with Crippen LogP contribution in [0.1, 0.15) is 15.9 Å². The SMILES string of the molecule is Cc1c(-c2ccc(Cl)cc2Cl)nc2ccccc2c1C(=O)Nc1nn[nH]n1. The minimum atomic E-state index is -0.362. The number of aromatic amines is 1. The summed E-state index contributed by atoms with van der Waals surface area (Å²) in [6, 6.07) is 12.6. The zero-order chi connectivity index (χ0) is 19.0. The van der Waals surface area contributed by atoms with E-state index in [1.807, 2.05) is 31.2 Å². The number of aromatic nitrogens is 5. The number of hydrogen-bond acceptors (Lipinski definition) is 5. The van der Waals surface area contributed by atoms with Gasteiger partial charge in [0.2, 0.25) is 0 Å². The molecule has 0 atom stereocenters. The molecule has 4 aromatic rings. The molecule has 4 rings (SSSR count). The largest absolute Gasteiger partial charge is 0.288 e. The van der Waals surface area contributed by atoms with Crippen LogP contribution in [0.5, 0.6) is 0 Å². The molecule has 2 N–H and O–H groups in total. The van der Waals surface area contributed by atoms with Crippen LogP contribution in [0.25, 0.3) is 22.2 Å². The van der Waals surface area contributed by atoms with E-state index in [-0.39, 0.29) is 11.9 Å². The van der Waals surface area contributed by atoms with E-state index >= 15 is 0 Å². The van der Waals surface area contributed by atoms with Crippen LogP contribution in [0.4, 0.5) is 5.95 Å². The second kappa shape index (κ2) is 6.94. The van der Waals surface area contributed by atoms with Crippen molar-refractivity contribution in [2.24, 2.45) is 0 Å². The Bertz CT molecular complexity index is 1160. The van der Waals surface area contributed by atoms with Gasteiger partial charge in [-0.15, -0.1) is 5.10 Å². The summed E-state index contributed by atoms with van der Waals surface area (Å²) in [4.78, 5) is 17.7. The molecule has 0 fully saturated rings. The molecular weight excluding hydrogens is 387 g/mol. The van der Waals surface area contributed by atoms with E-state index in [9.17, 15) is 4.79 Å². The number of halogens is 2. The molecule has 2 aromatic carbocycles. The quantitative estimate of drug-likeness (QED) is 0.536. The first-order valence-electron chi connectivity index (χ1n) is 7.94. The van der Waals surface area contributed by atoms with Gasteiger partial charge in [-0.3, -0.25) is 10.1 Å². The molecule has 2 heterocycles. The van der Waals surface area contributed by atoms with Gasteiger partial charge in [0.05, 0.1) is 21.8 Å². The summed E-state index contributed by atoms with van der Waals surface area (Å²) in [6.45, 7) is 1.82. The summed E-state index contributed by atoms with van der Waals surface area (Å²) in [7, 11) is 0. The lowest BCUT2D eigenvalue weighted by atomic mass is 9.97. The van der Waals surface area contributed by atoms with Gasteiger partial charge in [0.15, 0.2) is 0 Å². The number of amides is 1. The maximum atomic E-state index is 13.0. The second-order valence-corrected chi connectivity index (χ2v) is 6.63. The molecule has 0 aliphatic rings. The second-order valence-electron chi connectivity index (χ2n) is 5.79. The van der Waals surface area contributed by atoms with Crippen molar-refractivity contribution in [3.63, 3.8) is 0 Å². The Balaban J connectivity index is 1.94. The van der Waals surface area contributed by atoms with Crippen LogP contribution in [0, 0.1) is 6.92 Å². The predicted octanol–water partition coefficient (Wildman–Crippen LogP) is 4.28. The van der Waals surface area contributed by atoms with E-state index in [0.29, 0.717) is 43.3 Å². The number of fused-ring (bicyclic) bond motifs is 1. The Morgan fingerprint density at radius 3 is 2.70 bits per heavy atom. The molecule has 9 heteroatoms. The maximum Gasteiger partial charge on any atom is 0.270 e. The van der Waals surface area contributed by atoms with Crippen molar-refractivity contribution in [1.82, 2.24) is 25.6 Å². The Kier molecular flexibility index (Phi) is 4.47. The fourth-order valence-corrected chi connectivity index (χ4v) is 3.42. The number of para-hydroxylation sites is 1. The third kappa shape index (κ3) is 3.22. The number of rotatable bonds is 3. The molecule has 2 aromatic heterocycles. The Labute approximate surface area is 163 Å². The first kappa shape index (κ1) is 17.4. The molecule has 0 spiro atoms. The van der Waals surface area contributed by atoms with Crippen LogP contribution in [0.2, 0.25) is 10.0 Å². The molecule has 27 heavy (non-hydrogen) atoms. The summed E-state index contributed by atoms with van der Waals surface area (Å²) in [5.41, 5.74) is 3.11. The van der Waals surface area contributed by atoms with E-state index in [1.165, 1.54) is 0 Å². The van der Waals surface area contributed by atoms with Crippen LogP contribution < -0.4 is 5.32 Å². The molecule has 7 nitrogen and oxygen atoms in total. The number of hydrogen-bond donors (Lipinski definition) is 2. The van der Waals surface area contributed by atoms with Crippen molar-refractivity contribution in [1.29, 1.82) is 0 Å². The fourth-order valence-electron chi connectivity index (χ4n) is 2.92. The van der Waals surface area contributed by atoms with Gasteiger partial charge in [-0.05, 0) is 42.0 Å². The molecule has 134 valence electrons. The van der Waals surface area contributed by atoms with Gasteiger partial charge in [0.1, 0.15) is 0 Å². The van der Waals surface area contributed by atoms with Crippen LogP contribution in [0.15, 0.2) is 42.5 Å². The summed E-state index contributed by atoms with van der Waals surface area (Å²) in [6.07, 6.45) is 0. The summed E-state index contributed by atoms with van der Waals surface area (Å²) in [5.74, 6) is -0.273. The summed E-state index contributed by atoms with van der Waals surface area (Å²) >= 11 is 12.4. The van der Waals surface area contributed by atoms with Crippen LogP contribution in [0.3, 0.4) is 0 Å². The average molecular weight is 399 g/mol. The van der Waals surface area contributed by atoms with Crippen molar-refractivity contribution < 1.29 is 4.79 Å². The van der Waals surface area contributed by atoms with Crippen molar-refractivity contribution in [2.45, 2.75) is 6.92 Å². The zero-order valence-electron chi connectivity index (χ0n) is 14.0. The lowest BCUT2D eigenvalue weighted by Crippen LogP contribution is -2.16. The topological polar surface area (TPSA) is 96.5 Å². The number of H-pyrrole nitrogens is 1. The minimum Gasteiger partial charge on any atom is -0.288 e. The number of carbonyl (C=O) groups is 1. The highest BCUT2D eigenvalue weighted by Gasteiger charge is 2.21. The summed E-state index contributed by atoms with van der Waals surface area (Å²) < 4.78 is 0. The molecule has 0 unspecified atom stereocenters. The lowest BCUT2D eigenvalue weighted by Gasteiger charge is -2.15. The molecule has 1 amide bonds. The first-order valence-corrected chi connectivity index (χ1v) is 8.70. The number of tetrazole rings is 1. The Morgan fingerprint density at radius 1 is 1.15 bits per heavy atom. The first-order chi connectivity index (χ1) is 13.0. The standard InChI is InChI=1S/C18H12Cl2N6O/c1-9-15(17(27)22-18-23-25-26-24-18)12-4-2-3-5-14(12)21-16(9)11-7-6-10(19)8-13(11)20/h2-8H,1H3,(H2,22,23,24,25,26,27). The number of nitrogens with zero attached hydrogens (tertiary/aromatic N) is 4. The molecule has 0 aliphatic heterocycles. The smallest absolute Gasteiger partial charge is 0.270 e. The van der Waals surface area contributed by atoms with E-state index in [1.54, 1.807) is 18.2 Å². The molecule has 0 saturated carbocycles. The van der Waals surface area contributed by atoms with Crippen molar-refractivity contribution in [3.8, 4) is 11.3 Å². The van der Waals surface area contributed by atoms with Gasteiger partial charge >= 0.3 is 0 Å². The van der Waals surface area contributed by atoms with Crippen molar-refractivity contribution >= 4 is 46.0 Å². The maximum absolute atomic E-state index is 13.0.